The maximum Gasteiger partial charge on any atom is 0.257 e. The number of carbonyl (C=O) groups is 1. The molecule has 114 valence electrons. The fourth-order valence-corrected chi connectivity index (χ4v) is 2.46. The highest BCUT2D eigenvalue weighted by Crippen LogP contribution is 2.28. The van der Waals surface area contributed by atoms with Crippen molar-refractivity contribution in [1.29, 1.82) is 0 Å². The SMILES string of the molecule is CN(Cc1cccnc1)C(=O)c1ccccc1OC1CCC1. The van der Waals surface area contributed by atoms with Crippen molar-refractivity contribution in [2.75, 3.05) is 7.05 Å². The molecule has 0 saturated heterocycles. The Kier molecular flexibility index (Phi) is 4.37. The van der Waals surface area contributed by atoms with Crippen LogP contribution in [0.25, 0.3) is 0 Å². The number of amides is 1. The summed E-state index contributed by atoms with van der Waals surface area (Å²) in [4.78, 5) is 18.5. The van der Waals surface area contributed by atoms with Gasteiger partial charge in [0.1, 0.15) is 5.75 Å². The van der Waals surface area contributed by atoms with E-state index in [1.807, 2.05) is 36.4 Å². The topological polar surface area (TPSA) is 42.4 Å². The molecule has 1 aliphatic rings. The van der Waals surface area contributed by atoms with Crippen LogP contribution in [0, 0.1) is 0 Å². The maximum atomic E-state index is 12.7. The third kappa shape index (κ3) is 3.27. The molecule has 2 aromatic rings. The minimum absolute atomic E-state index is 0.0289. The summed E-state index contributed by atoms with van der Waals surface area (Å²) in [6, 6.07) is 11.3. The van der Waals surface area contributed by atoms with Crippen LogP contribution in [0.3, 0.4) is 0 Å². The fourth-order valence-electron chi connectivity index (χ4n) is 2.46. The molecule has 0 unspecified atom stereocenters. The standard InChI is InChI=1S/C18H20N2O2/c1-20(13-14-6-5-11-19-12-14)18(21)16-9-2-3-10-17(16)22-15-7-4-8-15/h2-3,5-6,9-12,15H,4,7-8,13H2,1H3. The molecule has 1 amide bonds. The first-order valence-corrected chi connectivity index (χ1v) is 7.64. The van der Waals surface area contributed by atoms with E-state index in [1.54, 1.807) is 24.3 Å². The molecule has 22 heavy (non-hydrogen) atoms. The predicted molar refractivity (Wildman–Crippen MR) is 84.7 cm³/mol. The molecule has 0 aliphatic heterocycles. The molecule has 0 spiro atoms. The summed E-state index contributed by atoms with van der Waals surface area (Å²) in [6.45, 7) is 0.532. The van der Waals surface area contributed by atoms with Gasteiger partial charge in [-0.25, -0.2) is 0 Å². The van der Waals surface area contributed by atoms with Crippen LogP contribution in [-0.2, 0) is 6.54 Å². The normalized spacial score (nSPS) is 14.2. The Balaban J connectivity index is 1.73. The van der Waals surface area contributed by atoms with Gasteiger partial charge in [0.15, 0.2) is 0 Å². The van der Waals surface area contributed by atoms with Crippen LogP contribution in [-0.4, -0.2) is 28.9 Å². The van der Waals surface area contributed by atoms with E-state index in [9.17, 15) is 4.79 Å². The van der Waals surface area contributed by atoms with Gasteiger partial charge >= 0.3 is 0 Å². The zero-order chi connectivity index (χ0) is 15.4. The molecule has 0 N–H and O–H groups in total. The van der Waals surface area contributed by atoms with Gasteiger partial charge in [0.2, 0.25) is 0 Å². The average molecular weight is 296 g/mol. The quantitative estimate of drug-likeness (QED) is 0.850. The summed E-state index contributed by atoms with van der Waals surface area (Å²) in [7, 11) is 1.80. The van der Waals surface area contributed by atoms with Gasteiger partial charge in [-0.05, 0) is 43.0 Å². The Morgan fingerprint density at radius 3 is 2.77 bits per heavy atom. The second-order valence-electron chi connectivity index (χ2n) is 5.69. The van der Waals surface area contributed by atoms with Crippen molar-refractivity contribution < 1.29 is 9.53 Å². The van der Waals surface area contributed by atoms with E-state index in [1.165, 1.54) is 6.42 Å². The van der Waals surface area contributed by atoms with Gasteiger partial charge in [-0.1, -0.05) is 18.2 Å². The van der Waals surface area contributed by atoms with Gasteiger partial charge in [0.05, 0.1) is 11.7 Å². The molecule has 1 fully saturated rings. The van der Waals surface area contributed by atoms with Crippen molar-refractivity contribution in [1.82, 2.24) is 9.88 Å². The lowest BCUT2D eigenvalue weighted by Gasteiger charge is -2.28. The van der Waals surface area contributed by atoms with Crippen LogP contribution in [0.4, 0.5) is 0 Å². The zero-order valence-corrected chi connectivity index (χ0v) is 12.7. The fraction of sp³-hybridized carbons (Fsp3) is 0.333. The number of ether oxygens (including phenoxy) is 1. The molecule has 1 saturated carbocycles. The molecule has 1 aliphatic carbocycles. The number of hydrogen-bond acceptors (Lipinski definition) is 3. The van der Waals surface area contributed by atoms with Gasteiger partial charge < -0.3 is 9.64 Å². The van der Waals surface area contributed by atoms with Crippen LogP contribution in [0.5, 0.6) is 5.75 Å². The Bertz CT molecular complexity index is 639. The molecule has 4 heteroatoms. The van der Waals surface area contributed by atoms with E-state index in [4.69, 9.17) is 4.74 Å². The Hall–Kier alpha value is -2.36. The van der Waals surface area contributed by atoms with Crippen LogP contribution in [0.1, 0.15) is 35.2 Å². The van der Waals surface area contributed by atoms with Crippen molar-refractivity contribution in [2.45, 2.75) is 31.9 Å². The Morgan fingerprint density at radius 1 is 1.27 bits per heavy atom. The molecule has 4 nitrogen and oxygen atoms in total. The number of pyridine rings is 1. The van der Waals surface area contributed by atoms with Gasteiger partial charge in [-0.2, -0.15) is 0 Å². The molecule has 0 radical (unpaired) electrons. The highest BCUT2D eigenvalue weighted by atomic mass is 16.5. The summed E-state index contributed by atoms with van der Waals surface area (Å²) < 4.78 is 5.94. The van der Waals surface area contributed by atoms with Crippen LogP contribution in [0.2, 0.25) is 0 Å². The van der Waals surface area contributed by atoms with Crippen LogP contribution < -0.4 is 4.74 Å². The number of carbonyl (C=O) groups excluding carboxylic acids is 1. The van der Waals surface area contributed by atoms with Crippen LogP contribution in [0.15, 0.2) is 48.8 Å². The largest absolute Gasteiger partial charge is 0.490 e. The Morgan fingerprint density at radius 2 is 2.09 bits per heavy atom. The monoisotopic (exact) mass is 296 g/mol. The van der Waals surface area contributed by atoms with E-state index in [2.05, 4.69) is 4.98 Å². The maximum absolute atomic E-state index is 12.7. The summed E-state index contributed by atoms with van der Waals surface area (Å²) >= 11 is 0. The number of nitrogens with zero attached hydrogens (tertiary/aromatic N) is 2. The molecular weight excluding hydrogens is 276 g/mol. The van der Waals surface area contributed by atoms with Gasteiger partial charge in [0.25, 0.3) is 5.91 Å². The number of para-hydroxylation sites is 1. The molecular formula is C18H20N2O2. The molecule has 1 aromatic heterocycles. The van der Waals surface area contributed by atoms with E-state index in [-0.39, 0.29) is 12.0 Å². The average Bonchev–Trinajstić information content (AvgIpc) is 2.51. The smallest absolute Gasteiger partial charge is 0.257 e. The first kappa shape index (κ1) is 14.6. The number of aromatic nitrogens is 1. The van der Waals surface area contributed by atoms with Crippen molar-refractivity contribution in [3.05, 3.63) is 59.9 Å². The van der Waals surface area contributed by atoms with E-state index in [0.29, 0.717) is 17.9 Å². The third-order valence-electron chi connectivity index (χ3n) is 3.95. The first-order valence-electron chi connectivity index (χ1n) is 7.64. The predicted octanol–water partition coefficient (Wildman–Crippen LogP) is 3.29. The molecule has 0 bridgehead atoms. The van der Waals surface area contributed by atoms with Crippen molar-refractivity contribution in [3.8, 4) is 5.75 Å². The number of rotatable bonds is 5. The van der Waals surface area contributed by atoms with Gasteiger partial charge in [-0.3, -0.25) is 9.78 Å². The van der Waals surface area contributed by atoms with Crippen molar-refractivity contribution >= 4 is 5.91 Å². The molecule has 1 heterocycles. The molecule has 0 atom stereocenters. The first-order chi connectivity index (χ1) is 10.7. The van der Waals surface area contributed by atoms with Crippen molar-refractivity contribution in [3.63, 3.8) is 0 Å². The van der Waals surface area contributed by atoms with Crippen LogP contribution >= 0.6 is 0 Å². The second-order valence-corrected chi connectivity index (χ2v) is 5.69. The summed E-state index contributed by atoms with van der Waals surface area (Å²) in [5.41, 5.74) is 1.64. The van der Waals surface area contributed by atoms with Crippen molar-refractivity contribution in [2.24, 2.45) is 0 Å². The second kappa shape index (κ2) is 6.60. The third-order valence-corrected chi connectivity index (χ3v) is 3.95. The summed E-state index contributed by atoms with van der Waals surface area (Å²) in [5.74, 6) is 0.661. The van der Waals surface area contributed by atoms with E-state index in [0.717, 1.165) is 18.4 Å². The van der Waals surface area contributed by atoms with Gasteiger partial charge in [-0.15, -0.1) is 0 Å². The number of benzene rings is 1. The van der Waals surface area contributed by atoms with Gasteiger partial charge in [0, 0.05) is 26.0 Å². The number of hydrogen-bond donors (Lipinski definition) is 0. The minimum atomic E-state index is -0.0289. The summed E-state index contributed by atoms with van der Waals surface area (Å²) in [6.07, 6.45) is 7.13. The lowest BCUT2D eigenvalue weighted by atomic mass is 9.96. The lowest BCUT2D eigenvalue weighted by molar-refractivity contribution is 0.0766. The minimum Gasteiger partial charge on any atom is -0.490 e. The van der Waals surface area contributed by atoms with E-state index < -0.39 is 0 Å². The molecule has 3 rings (SSSR count). The lowest BCUT2D eigenvalue weighted by Crippen LogP contribution is -2.29. The highest BCUT2D eigenvalue weighted by Gasteiger charge is 2.23. The highest BCUT2D eigenvalue weighted by molar-refractivity contribution is 5.96. The Labute approximate surface area is 130 Å². The zero-order valence-electron chi connectivity index (χ0n) is 12.7. The summed E-state index contributed by atoms with van der Waals surface area (Å²) in [5, 5.41) is 0. The molecule has 1 aromatic carbocycles. The van der Waals surface area contributed by atoms with E-state index >= 15 is 0 Å².